The molecule has 0 radical (unpaired) electrons. The molecule has 0 saturated carbocycles. The molecule has 1 aliphatic rings. The van der Waals surface area contributed by atoms with Crippen LogP contribution in [0.4, 0.5) is 0 Å². The molecule has 15 heavy (non-hydrogen) atoms. The molecule has 1 saturated heterocycles. The Morgan fingerprint density at radius 2 is 2.20 bits per heavy atom. The van der Waals surface area contributed by atoms with Gasteiger partial charge in [-0.05, 0) is 11.8 Å². The van der Waals surface area contributed by atoms with Gasteiger partial charge in [-0.15, -0.1) is 18.2 Å². The smallest absolute Gasteiger partial charge is 0.327 e. The SMILES string of the molecule is C#CC(=O)N1C(C(=O)O)CSC1C(C)C. The summed E-state index contributed by atoms with van der Waals surface area (Å²) >= 11 is 1.47. The van der Waals surface area contributed by atoms with Crippen LogP contribution < -0.4 is 0 Å². The van der Waals surface area contributed by atoms with Crippen LogP contribution in [-0.2, 0) is 9.59 Å². The van der Waals surface area contributed by atoms with Crippen LogP contribution in [0.3, 0.4) is 0 Å². The first-order valence-electron chi connectivity index (χ1n) is 4.62. The fraction of sp³-hybridized carbons (Fsp3) is 0.600. The molecular weight excluding hydrogens is 214 g/mol. The van der Waals surface area contributed by atoms with Gasteiger partial charge in [0.05, 0.1) is 5.37 Å². The third kappa shape index (κ3) is 2.26. The Bertz CT molecular complexity index is 321. The van der Waals surface area contributed by atoms with Gasteiger partial charge in [-0.2, -0.15) is 0 Å². The van der Waals surface area contributed by atoms with Gasteiger partial charge in [0.2, 0.25) is 0 Å². The lowest BCUT2D eigenvalue weighted by molar-refractivity contribution is -0.147. The molecular formula is C10H13NO3S. The Balaban J connectivity index is 2.93. The number of carbonyl (C=O) groups excluding carboxylic acids is 1. The molecule has 1 N–H and O–H groups in total. The summed E-state index contributed by atoms with van der Waals surface area (Å²) in [7, 11) is 0. The first-order valence-corrected chi connectivity index (χ1v) is 5.67. The van der Waals surface area contributed by atoms with Crippen molar-refractivity contribution in [2.75, 3.05) is 5.75 Å². The second kappa shape index (κ2) is 4.58. The molecule has 0 aliphatic carbocycles. The second-order valence-corrected chi connectivity index (χ2v) is 4.83. The summed E-state index contributed by atoms with van der Waals surface area (Å²) in [6.07, 6.45) is 5.03. The highest BCUT2D eigenvalue weighted by Crippen LogP contribution is 2.33. The lowest BCUT2D eigenvalue weighted by atomic mass is 10.1. The quantitative estimate of drug-likeness (QED) is 0.703. The Hall–Kier alpha value is -1.15. The number of carbonyl (C=O) groups is 2. The second-order valence-electron chi connectivity index (χ2n) is 3.68. The van der Waals surface area contributed by atoms with Crippen molar-refractivity contribution in [3.05, 3.63) is 0 Å². The van der Waals surface area contributed by atoms with Gasteiger partial charge in [-0.3, -0.25) is 4.79 Å². The predicted octanol–water partition coefficient (Wildman–Crippen LogP) is 0.630. The van der Waals surface area contributed by atoms with Gasteiger partial charge in [-0.1, -0.05) is 13.8 Å². The van der Waals surface area contributed by atoms with E-state index in [0.29, 0.717) is 5.75 Å². The van der Waals surface area contributed by atoms with Gasteiger partial charge < -0.3 is 10.0 Å². The monoisotopic (exact) mass is 227 g/mol. The molecule has 82 valence electrons. The Morgan fingerprint density at radius 1 is 1.60 bits per heavy atom. The number of aliphatic carboxylic acids is 1. The largest absolute Gasteiger partial charge is 0.480 e. The highest BCUT2D eigenvalue weighted by atomic mass is 32.2. The van der Waals surface area contributed by atoms with Crippen molar-refractivity contribution in [2.24, 2.45) is 5.92 Å². The van der Waals surface area contributed by atoms with Gasteiger partial charge in [0, 0.05) is 5.75 Å². The maximum atomic E-state index is 11.5. The average Bonchev–Trinajstić information content (AvgIpc) is 2.60. The van der Waals surface area contributed by atoms with Gasteiger partial charge in [0.15, 0.2) is 0 Å². The molecule has 0 aromatic heterocycles. The highest BCUT2D eigenvalue weighted by molar-refractivity contribution is 8.00. The first kappa shape index (κ1) is 11.9. The summed E-state index contributed by atoms with van der Waals surface area (Å²) in [6.45, 7) is 3.89. The third-order valence-electron chi connectivity index (χ3n) is 2.25. The molecule has 0 spiro atoms. The van der Waals surface area contributed by atoms with Crippen LogP contribution in [0.5, 0.6) is 0 Å². The van der Waals surface area contributed by atoms with E-state index in [1.807, 2.05) is 19.8 Å². The zero-order valence-corrected chi connectivity index (χ0v) is 9.45. The van der Waals surface area contributed by atoms with Gasteiger partial charge in [0.25, 0.3) is 5.91 Å². The Labute approximate surface area is 93.0 Å². The molecule has 2 atom stereocenters. The minimum absolute atomic E-state index is 0.130. The summed E-state index contributed by atoms with van der Waals surface area (Å²) in [6, 6.07) is -0.786. The van der Waals surface area contributed by atoms with E-state index < -0.39 is 17.9 Å². The number of carboxylic acid groups (broad SMARTS) is 1. The van der Waals surface area contributed by atoms with Crippen LogP contribution in [0.25, 0.3) is 0 Å². The molecule has 0 bridgehead atoms. The number of hydrogen-bond donors (Lipinski definition) is 1. The average molecular weight is 227 g/mol. The summed E-state index contributed by atoms with van der Waals surface area (Å²) in [5.41, 5.74) is 0. The molecule has 0 aromatic rings. The summed E-state index contributed by atoms with van der Waals surface area (Å²) in [5.74, 6) is 1.06. The fourth-order valence-corrected chi connectivity index (χ4v) is 3.03. The van der Waals surface area contributed by atoms with E-state index in [4.69, 9.17) is 11.5 Å². The number of terminal acetylenes is 1. The number of hydrogen-bond acceptors (Lipinski definition) is 3. The first-order chi connectivity index (χ1) is 6.99. The van der Waals surface area contributed by atoms with E-state index in [0.717, 1.165) is 0 Å². The minimum Gasteiger partial charge on any atom is -0.480 e. The molecule has 0 aromatic carbocycles. The summed E-state index contributed by atoms with van der Waals surface area (Å²) < 4.78 is 0. The van der Waals surface area contributed by atoms with Crippen LogP contribution in [-0.4, -0.2) is 39.1 Å². The zero-order valence-electron chi connectivity index (χ0n) is 8.64. The molecule has 1 rings (SSSR count). The predicted molar refractivity (Wildman–Crippen MR) is 58.2 cm³/mol. The lowest BCUT2D eigenvalue weighted by Crippen LogP contribution is -2.46. The molecule has 1 aliphatic heterocycles. The van der Waals surface area contributed by atoms with Crippen molar-refractivity contribution in [1.29, 1.82) is 0 Å². The van der Waals surface area contributed by atoms with E-state index in [-0.39, 0.29) is 11.3 Å². The van der Waals surface area contributed by atoms with Crippen molar-refractivity contribution >= 4 is 23.6 Å². The van der Waals surface area contributed by atoms with E-state index in [9.17, 15) is 9.59 Å². The fourth-order valence-electron chi connectivity index (χ4n) is 1.56. The number of thioether (sulfide) groups is 1. The number of carboxylic acids is 1. The normalized spacial score (nSPS) is 25.3. The van der Waals surface area contributed by atoms with Gasteiger partial charge in [-0.25, -0.2) is 4.79 Å². The van der Waals surface area contributed by atoms with Crippen LogP contribution in [0.15, 0.2) is 0 Å². The molecule has 2 unspecified atom stereocenters. The van der Waals surface area contributed by atoms with Gasteiger partial charge in [0.1, 0.15) is 6.04 Å². The summed E-state index contributed by atoms with van der Waals surface area (Å²) in [5, 5.41) is 8.82. The zero-order chi connectivity index (χ0) is 11.6. The summed E-state index contributed by atoms with van der Waals surface area (Å²) in [4.78, 5) is 23.7. The van der Waals surface area contributed by atoms with Crippen LogP contribution in [0, 0.1) is 18.3 Å². The highest BCUT2D eigenvalue weighted by Gasteiger charge is 2.42. The number of nitrogens with zero attached hydrogens (tertiary/aromatic N) is 1. The van der Waals surface area contributed by atoms with Crippen molar-refractivity contribution in [3.63, 3.8) is 0 Å². The molecule has 1 heterocycles. The third-order valence-corrected chi connectivity index (χ3v) is 3.87. The maximum absolute atomic E-state index is 11.5. The molecule has 5 heteroatoms. The van der Waals surface area contributed by atoms with E-state index in [2.05, 4.69) is 0 Å². The maximum Gasteiger partial charge on any atom is 0.327 e. The Morgan fingerprint density at radius 3 is 2.60 bits per heavy atom. The van der Waals surface area contributed by atoms with Crippen LogP contribution in [0.1, 0.15) is 13.8 Å². The number of rotatable bonds is 2. The van der Waals surface area contributed by atoms with Gasteiger partial charge >= 0.3 is 5.97 Å². The van der Waals surface area contributed by atoms with E-state index >= 15 is 0 Å². The van der Waals surface area contributed by atoms with Crippen LogP contribution in [0.2, 0.25) is 0 Å². The Kier molecular flexibility index (Phi) is 3.64. The van der Waals surface area contributed by atoms with Crippen molar-refractivity contribution in [2.45, 2.75) is 25.3 Å². The van der Waals surface area contributed by atoms with Crippen molar-refractivity contribution < 1.29 is 14.7 Å². The molecule has 1 fully saturated rings. The van der Waals surface area contributed by atoms with Crippen molar-refractivity contribution in [3.8, 4) is 12.3 Å². The van der Waals surface area contributed by atoms with E-state index in [1.165, 1.54) is 16.7 Å². The molecule has 1 amide bonds. The lowest BCUT2D eigenvalue weighted by Gasteiger charge is -2.27. The standard InChI is InChI=1S/C10H13NO3S/c1-4-8(12)11-7(10(13)14)5-15-9(11)6(2)3/h1,6-7,9H,5H2,2-3H3,(H,13,14). The van der Waals surface area contributed by atoms with Crippen LogP contribution >= 0.6 is 11.8 Å². The molecule has 4 nitrogen and oxygen atoms in total. The van der Waals surface area contributed by atoms with E-state index in [1.54, 1.807) is 0 Å². The number of amides is 1. The minimum atomic E-state index is -0.991. The topological polar surface area (TPSA) is 57.6 Å². The van der Waals surface area contributed by atoms with Crippen molar-refractivity contribution in [1.82, 2.24) is 4.90 Å².